The number of carboxylic acids is 1. The number of hydrogen-bond acceptors (Lipinski definition) is 3. The molecule has 1 aromatic carbocycles. The van der Waals surface area contributed by atoms with Gasteiger partial charge in [-0.1, -0.05) is 0 Å². The van der Waals surface area contributed by atoms with Crippen molar-refractivity contribution in [2.24, 2.45) is 28.2 Å². The number of aromatic carboxylic acids is 1. The van der Waals surface area contributed by atoms with Crippen molar-refractivity contribution in [3.05, 3.63) is 29.8 Å². The van der Waals surface area contributed by atoms with Gasteiger partial charge in [0.25, 0.3) is 0 Å². The predicted molar refractivity (Wildman–Crippen MR) is 117 cm³/mol. The maximum atomic E-state index is 11.1. The normalized spacial score (nSPS) is 34.9. The van der Waals surface area contributed by atoms with E-state index >= 15 is 0 Å². The number of benzene rings is 1. The molecular weight excluding hydrogens is 378 g/mol. The van der Waals surface area contributed by atoms with Crippen LogP contribution in [0.25, 0.3) is 0 Å². The quantitative estimate of drug-likeness (QED) is 0.484. The summed E-state index contributed by atoms with van der Waals surface area (Å²) < 4.78 is 5.76. The highest BCUT2D eigenvalue weighted by Gasteiger charge is 2.50. The zero-order chi connectivity index (χ0) is 20.6. The van der Waals surface area contributed by atoms with E-state index in [9.17, 15) is 4.79 Å². The van der Waals surface area contributed by atoms with E-state index in [4.69, 9.17) is 14.8 Å². The van der Waals surface area contributed by atoms with Gasteiger partial charge in [0.15, 0.2) is 5.96 Å². The predicted octanol–water partition coefficient (Wildman–Crippen LogP) is 4.14. The van der Waals surface area contributed by atoms with Gasteiger partial charge >= 0.3 is 5.97 Å². The second-order valence-electron chi connectivity index (χ2n) is 10.1. The highest BCUT2D eigenvalue weighted by atomic mass is 16.5. The fraction of sp³-hybridized carbons (Fsp3) is 0.667. The third kappa shape index (κ3) is 4.34. The van der Waals surface area contributed by atoms with Crippen LogP contribution in [0.15, 0.2) is 29.3 Å². The van der Waals surface area contributed by atoms with Gasteiger partial charge in [-0.25, -0.2) is 4.79 Å². The molecule has 6 nitrogen and oxygen atoms in total. The first-order chi connectivity index (χ1) is 14.6. The fourth-order valence-electron chi connectivity index (χ4n) is 6.72. The number of nitrogens with one attached hydrogen (secondary N) is 2. The Labute approximate surface area is 178 Å². The Morgan fingerprint density at radius 2 is 1.77 bits per heavy atom. The van der Waals surface area contributed by atoms with Crippen molar-refractivity contribution in [3.8, 4) is 0 Å². The maximum absolute atomic E-state index is 11.1. The molecule has 6 rings (SSSR count). The zero-order valence-corrected chi connectivity index (χ0v) is 17.6. The van der Waals surface area contributed by atoms with Crippen LogP contribution in [-0.4, -0.2) is 42.8 Å². The molecule has 1 saturated heterocycles. The monoisotopic (exact) mass is 411 g/mol. The summed E-state index contributed by atoms with van der Waals surface area (Å²) in [6.07, 6.45) is 10.8. The maximum Gasteiger partial charge on any atom is 0.335 e. The van der Waals surface area contributed by atoms with Crippen LogP contribution < -0.4 is 10.6 Å². The summed E-state index contributed by atoms with van der Waals surface area (Å²) in [7, 11) is 0. The summed E-state index contributed by atoms with van der Waals surface area (Å²) in [4.78, 5) is 16.2. The lowest BCUT2D eigenvalue weighted by Gasteiger charge is -2.56. The molecule has 162 valence electrons. The Morgan fingerprint density at radius 1 is 1.10 bits per heavy atom. The lowest BCUT2D eigenvalue weighted by atomic mass is 9.49. The van der Waals surface area contributed by atoms with Crippen LogP contribution in [0, 0.1) is 23.2 Å². The first-order valence-corrected chi connectivity index (χ1v) is 11.6. The van der Waals surface area contributed by atoms with Crippen molar-refractivity contribution in [3.63, 3.8) is 0 Å². The first kappa shape index (κ1) is 19.9. The smallest absolute Gasteiger partial charge is 0.335 e. The Morgan fingerprint density at radius 3 is 2.33 bits per heavy atom. The molecule has 30 heavy (non-hydrogen) atoms. The second-order valence-corrected chi connectivity index (χ2v) is 10.1. The van der Waals surface area contributed by atoms with E-state index in [1.807, 2.05) is 0 Å². The molecule has 5 fully saturated rings. The largest absolute Gasteiger partial charge is 0.478 e. The van der Waals surface area contributed by atoms with Crippen LogP contribution >= 0.6 is 0 Å². The summed E-state index contributed by atoms with van der Waals surface area (Å²) in [5.41, 5.74) is 1.53. The van der Waals surface area contributed by atoms with Crippen molar-refractivity contribution in [2.75, 3.05) is 25.0 Å². The molecule has 4 saturated carbocycles. The van der Waals surface area contributed by atoms with E-state index < -0.39 is 5.97 Å². The number of carboxylic acid groups (broad SMARTS) is 1. The minimum atomic E-state index is -0.909. The molecule has 0 unspecified atom stereocenters. The number of guanidine groups is 1. The molecule has 6 heteroatoms. The number of nitrogens with zero attached hydrogens (tertiary/aromatic N) is 1. The zero-order valence-electron chi connectivity index (χ0n) is 17.6. The average Bonchev–Trinajstić information content (AvgIpc) is 3.23. The standard InChI is InChI=1S/C24H33N3O3/c28-22(29)19-3-5-20(6-4-19)27-23(25-14-21-2-1-7-30-21)26-15-24-11-16-8-17(12-24)10-18(9-16)13-24/h3-6,16-18,21H,1-2,7-15H2,(H,28,29)(H2,25,26,27)/t16?,17?,18?,21-,24?/m0/s1. The lowest BCUT2D eigenvalue weighted by molar-refractivity contribution is -0.0465. The summed E-state index contributed by atoms with van der Waals surface area (Å²) in [6.45, 7) is 2.47. The Bertz CT molecular complexity index is 763. The highest BCUT2D eigenvalue weighted by molar-refractivity contribution is 5.94. The molecular formula is C24H33N3O3. The molecule has 1 atom stereocenters. The molecule has 3 N–H and O–H groups in total. The topological polar surface area (TPSA) is 83.0 Å². The minimum absolute atomic E-state index is 0.242. The van der Waals surface area contributed by atoms with Gasteiger partial charge in [0.1, 0.15) is 0 Å². The summed E-state index contributed by atoms with van der Waals surface area (Å²) >= 11 is 0. The number of carbonyl (C=O) groups is 1. The van der Waals surface area contributed by atoms with Crippen molar-refractivity contribution in [2.45, 2.75) is 57.5 Å². The van der Waals surface area contributed by atoms with E-state index in [0.717, 1.165) is 61.9 Å². The Hall–Kier alpha value is -2.08. The molecule has 0 radical (unpaired) electrons. The molecule has 4 bridgehead atoms. The Kier molecular flexibility index (Phi) is 5.44. The number of hydrogen-bond donors (Lipinski definition) is 3. The van der Waals surface area contributed by atoms with Crippen LogP contribution in [0.4, 0.5) is 5.69 Å². The molecule has 5 aliphatic rings. The molecule has 0 spiro atoms. The van der Waals surface area contributed by atoms with Gasteiger partial charge in [0.05, 0.1) is 11.7 Å². The van der Waals surface area contributed by atoms with E-state index in [2.05, 4.69) is 10.6 Å². The highest BCUT2D eigenvalue weighted by Crippen LogP contribution is 2.60. The molecule has 1 heterocycles. The third-order valence-corrected chi connectivity index (χ3v) is 7.65. The average molecular weight is 412 g/mol. The van der Waals surface area contributed by atoms with Gasteiger partial charge in [-0.15, -0.1) is 0 Å². The van der Waals surface area contributed by atoms with Gasteiger partial charge in [-0.3, -0.25) is 4.99 Å². The van der Waals surface area contributed by atoms with Crippen molar-refractivity contribution in [1.29, 1.82) is 0 Å². The number of rotatable bonds is 6. The number of anilines is 1. The van der Waals surface area contributed by atoms with Crippen LogP contribution in [0.1, 0.15) is 61.7 Å². The molecule has 4 aliphatic carbocycles. The lowest BCUT2D eigenvalue weighted by Crippen LogP contribution is -2.48. The molecule has 0 aromatic heterocycles. The van der Waals surface area contributed by atoms with E-state index in [1.54, 1.807) is 24.3 Å². The van der Waals surface area contributed by atoms with Crippen molar-refractivity contribution >= 4 is 17.6 Å². The first-order valence-electron chi connectivity index (χ1n) is 11.6. The van der Waals surface area contributed by atoms with Crippen molar-refractivity contribution < 1.29 is 14.6 Å². The Balaban J connectivity index is 1.29. The third-order valence-electron chi connectivity index (χ3n) is 7.65. The van der Waals surface area contributed by atoms with Gasteiger partial charge in [0, 0.05) is 25.4 Å². The van der Waals surface area contributed by atoms with Crippen LogP contribution in [0.2, 0.25) is 0 Å². The fourth-order valence-corrected chi connectivity index (χ4v) is 6.72. The van der Waals surface area contributed by atoms with Gasteiger partial charge in [-0.05, 0) is 98.8 Å². The van der Waals surface area contributed by atoms with Gasteiger partial charge in [-0.2, -0.15) is 0 Å². The number of aliphatic imine (C=N–C) groups is 1. The minimum Gasteiger partial charge on any atom is -0.478 e. The van der Waals surface area contributed by atoms with Gasteiger partial charge < -0.3 is 20.5 Å². The summed E-state index contributed by atoms with van der Waals surface area (Å²) in [5.74, 6) is 2.64. The van der Waals surface area contributed by atoms with Crippen LogP contribution in [0.5, 0.6) is 0 Å². The number of ether oxygens (including phenoxy) is 1. The molecule has 1 aliphatic heterocycles. The van der Waals surface area contributed by atoms with E-state index in [1.165, 1.54) is 38.5 Å². The van der Waals surface area contributed by atoms with Crippen LogP contribution in [-0.2, 0) is 4.74 Å². The van der Waals surface area contributed by atoms with E-state index in [-0.39, 0.29) is 6.10 Å². The second kappa shape index (κ2) is 8.22. The molecule has 0 amide bonds. The summed E-state index contributed by atoms with van der Waals surface area (Å²) in [5, 5.41) is 16.0. The van der Waals surface area contributed by atoms with Crippen molar-refractivity contribution in [1.82, 2.24) is 5.32 Å². The van der Waals surface area contributed by atoms with Crippen LogP contribution in [0.3, 0.4) is 0 Å². The summed E-state index contributed by atoms with van der Waals surface area (Å²) in [6, 6.07) is 6.86. The SMILES string of the molecule is O=C(O)c1ccc(NC(=NCC23CC4CC(CC(C4)C2)C3)NC[C@@H]2CCCO2)cc1. The molecule has 1 aromatic rings. The van der Waals surface area contributed by atoms with E-state index in [0.29, 0.717) is 11.0 Å². The van der Waals surface area contributed by atoms with Gasteiger partial charge in [0.2, 0.25) is 0 Å².